The first kappa shape index (κ1) is 19.7. The van der Waals surface area contributed by atoms with Crippen LogP contribution in [0.3, 0.4) is 0 Å². The summed E-state index contributed by atoms with van der Waals surface area (Å²) in [5.74, 6) is 0.726. The molecule has 3 aromatic carbocycles. The SMILES string of the molecule is COc1ccc(CN2C(=O)CN=C(c3ccc(Cl)cc3)c3cccc(Br)c32)cc1. The summed E-state index contributed by atoms with van der Waals surface area (Å²) in [4.78, 5) is 19.5. The van der Waals surface area contributed by atoms with E-state index in [2.05, 4.69) is 20.9 Å². The fraction of sp³-hybridized carbons (Fsp3) is 0.130. The van der Waals surface area contributed by atoms with Crippen LogP contribution in [-0.2, 0) is 11.3 Å². The van der Waals surface area contributed by atoms with Crippen molar-refractivity contribution in [2.45, 2.75) is 6.54 Å². The number of aliphatic imine (C=N–C) groups is 1. The van der Waals surface area contributed by atoms with Crippen molar-refractivity contribution in [2.75, 3.05) is 18.6 Å². The minimum Gasteiger partial charge on any atom is -0.497 e. The van der Waals surface area contributed by atoms with E-state index < -0.39 is 0 Å². The lowest BCUT2D eigenvalue weighted by molar-refractivity contribution is -0.117. The number of benzene rings is 3. The number of hydrogen-bond acceptors (Lipinski definition) is 3. The molecule has 1 aliphatic heterocycles. The Morgan fingerprint density at radius 2 is 1.79 bits per heavy atom. The lowest BCUT2D eigenvalue weighted by Gasteiger charge is -2.24. The van der Waals surface area contributed by atoms with Crippen molar-refractivity contribution >= 4 is 44.8 Å². The van der Waals surface area contributed by atoms with Gasteiger partial charge in [-0.2, -0.15) is 0 Å². The van der Waals surface area contributed by atoms with Crippen molar-refractivity contribution in [1.82, 2.24) is 0 Å². The maximum Gasteiger partial charge on any atom is 0.249 e. The summed E-state index contributed by atoms with van der Waals surface area (Å²) in [5, 5.41) is 0.662. The molecule has 0 spiro atoms. The van der Waals surface area contributed by atoms with E-state index in [1.54, 1.807) is 12.0 Å². The molecule has 0 atom stereocenters. The van der Waals surface area contributed by atoms with Crippen molar-refractivity contribution in [1.29, 1.82) is 0 Å². The smallest absolute Gasteiger partial charge is 0.249 e. The van der Waals surface area contributed by atoms with Crippen molar-refractivity contribution < 1.29 is 9.53 Å². The van der Waals surface area contributed by atoms with Gasteiger partial charge in [0.1, 0.15) is 12.3 Å². The number of para-hydroxylation sites is 1. The van der Waals surface area contributed by atoms with Gasteiger partial charge >= 0.3 is 0 Å². The van der Waals surface area contributed by atoms with Crippen LogP contribution in [0.1, 0.15) is 16.7 Å². The topological polar surface area (TPSA) is 41.9 Å². The Morgan fingerprint density at radius 3 is 2.48 bits per heavy atom. The summed E-state index contributed by atoms with van der Waals surface area (Å²) in [6, 6.07) is 21.1. The van der Waals surface area contributed by atoms with E-state index in [1.165, 1.54) is 0 Å². The molecule has 0 aliphatic carbocycles. The molecule has 6 heteroatoms. The zero-order valence-corrected chi connectivity index (χ0v) is 18.1. The maximum absolute atomic E-state index is 13.0. The minimum absolute atomic E-state index is 0.0575. The molecule has 0 unspecified atom stereocenters. The van der Waals surface area contributed by atoms with Crippen LogP contribution in [0.25, 0.3) is 0 Å². The molecule has 1 amide bonds. The van der Waals surface area contributed by atoms with Gasteiger partial charge in [-0.1, -0.05) is 48.0 Å². The highest BCUT2D eigenvalue weighted by Crippen LogP contribution is 2.35. The molecule has 0 fully saturated rings. The third-order valence-electron chi connectivity index (χ3n) is 4.80. The Morgan fingerprint density at radius 1 is 1.07 bits per heavy atom. The van der Waals surface area contributed by atoms with Gasteiger partial charge in [0.25, 0.3) is 0 Å². The number of nitrogens with zero attached hydrogens (tertiary/aromatic N) is 2. The number of fused-ring (bicyclic) bond motifs is 1. The molecule has 0 saturated carbocycles. The predicted molar refractivity (Wildman–Crippen MR) is 120 cm³/mol. The normalized spacial score (nSPS) is 13.6. The zero-order chi connectivity index (χ0) is 20.4. The molecule has 0 aromatic heterocycles. The first-order valence-electron chi connectivity index (χ1n) is 9.09. The summed E-state index contributed by atoms with van der Waals surface area (Å²) in [5.41, 5.74) is 4.44. The molecule has 0 N–H and O–H groups in total. The quantitative estimate of drug-likeness (QED) is 0.507. The third-order valence-corrected chi connectivity index (χ3v) is 5.69. The number of ether oxygens (including phenoxy) is 1. The van der Waals surface area contributed by atoms with Crippen LogP contribution in [0.4, 0.5) is 5.69 Å². The van der Waals surface area contributed by atoms with E-state index >= 15 is 0 Å². The lowest BCUT2D eigenvalue weighted by atomic mass is 10.00. The summed E-state index contributed by atoms with van der Waals surface area (Å²) in [6.45, 7) is 0.525. The molecule has 3 aromatic rings. The van der Waals surface area contributed by atoms with Crippen molar-refractivity contribution in [3.05, 3.63) is 92.9 Å². The number of rotatable bonds is 4. The van der Waals surface area contributed by atoms with E-state index in [9.17, 15) is 4.79 Å². The molecule has 1 heterocycles. The van der Waals surface area contributed by atoms with Crippen LogP contribution < -0.4 is 9.64 Å². The van der Waals surface area contributed by atoms with Crippen LogP contribution in [-0.4, -0.2) is 25.3 Å². The van der Waals surface area contributed by atoms with Crippen LogP contribution in [0.2, 0.25) is 5.02 Å². The number of amides is 1. The van der Waals surface area contributed by atoms with Gasteiger partial charge < -0.3 is 9.64 Å². The van der Waals surface area contributed by atoms with Gasteiger partial charge in [-0.25, -0.2) is 0 Å². The van der Waals surface area contributed by atoms with E-state index in [0.717, 1.165) is 38.3 Å². The number of anilines is 1. The van der Waals surface area contributed by atoms with Gasteiger partial charge in [0, 0.05) is 20.6 Å². The summed E-state index contributed by atoms with van der Waals surface area (Å²) in [7, 11) is 1.64. The van der Waals surface area contributed by atoms with Gasteiger partial charge in [-0.15, -0.1) is 0 Å². The summed E-state index contributed by atoms with van der Waals surface area (Å²) in [6.07, 6.45) is 0. The second-order valence-corrected chi connectivity index (χ2v) is 7.93. The Hall–Kier alpha value is -2.63. The lowest BCUT2D eigenvalue weighted by Crippen LogP contribution is -2.32. The highest BCUT2D eigenvalue weighted by atomic mass is 79.9. The summed E-state index contributed by atoms with van der Waals surface area (Å²) >= 11 is 9.69. The molecule has 1 aliphatic rings. The van der Waals surface area contributed by atoms with Crippen LogP contribution in [0, 0.1) is 0 Å². The number of hydrogen-bond donors (Lipinski definition) is 0. The average molecular weight is 470 g/mol. The first-order chi connectivity index (χ1) is 14.1. The van der Waals surface area contributed by atoms with E-state index in [4.69, 9.17) is 16.3 Å². The summed E-state index contributed by atoms with van der Waals surface area (Å²) < 4.78 is 6.08. The molecular formula is C23H18BrClN2O2. The second-order valence-electron chi connectivity index (χ2n) is 6.64. The number of carbonyl (C=O) groups excluding carboxylic acids is 1. The zero-order valence-electron chi connectivity index (χ0n) is 15.7. The van der Waals surface area contributed by atoms with Crippen molar-refractivity contribution in [2.24, 2.45) is 4.99 Å². The Balaban J connectivity index is 1.78. The standard InChI is InChI=1S/C23H18BrClN2O2/c1-29-18-11-5-15(6-12-18)14-27-21(28)13-26-22(16-7-9-17(25)10-8-16)19-3-2-4-20(24)23(19)27/h2-12H,13-14H2,1H3. The third kappa shape index (κ3) is 4.07. The molecule has 4 rings (SSSR count). The van der Waals surface area contributed by atoms with Gasteiger partial charge in [0.15, 0.2) is 0 Å². The Kier molecular flexibility index (Phi) is 5.69. The molecular weight excluding hydrogens is 452 g/mol. The minimum atomic E-state index is -0.0575. The van der Waals surface area contributed by atoms with E-state index in [0.29, 0.717) is 11.6 Å². The molecule has 0 saturated heterocycles. The van der Waals surface area contributed by atoms with Gasteiger partial charge in [-0.05, 0) is 51.8 Å². The van der Waals surface area contributed by atoms with Crippen LogP contribution >= 0.6 is 27.5 Å². The van der Waals surface area contributed by atoms with Gasteiger partial charge in [0.2, 0.25) is 5.91 Å². The van der Waals surface area contributed by atoms with Gasteiger partial charge in [0.05, 0.1) is 25.1 Å². The molecule has 146 valence electrons. The fourth-order valence-corrected chi connectivity index (χ4v) is 4.06. The highest BCUT2D eigenvalue weighted by Gasteiger charge is 2.27. The van der Waals surface area contributed by atoms with Crippen LogP contribution in [0.15, 0.2) is 76.2 Å². The van der Waals surface area contributed by atoms with E-state index in [1.807, 2.05) is 66.7 Å². The predicted octanol–water partition coefficient (Wildman–Crippen LogP) is 5.50. The maximum atomic E-state index is 13.0. The molecule has 4 nitrogen and oxygen atoms in total. The monoisotopic (exact) mass is 468 g/mol. The highest BCUT2D eigenvalue weighted by molar-refractivity contribution is 9.10. The second kappa shape index (κ2) is 8.39. The number of halogens is 2. The molecule has 0 radical (unpaired) electrons. The molecule has 29 heavy (non-hydrogen) atoms. The van der Waals surface area contributed by atoms with E-state index in [-0.39, 0.29) is 12.5 Å². The number of carbonyl (C=O) groups is 1. The van der Waals surface area contributed by atoms with Crippen molar-refractivity contribution in [3.8, 4) is 5.75 Å². The number of methoxy groups -OCH3 is 1. The van der Waals surface area contributed by atoms with Gasteiger partial charge in [-0.3, -0.25) is 9.79 Å². The van der Waals surface area contributed by atoms with Crippen molar-refractivity contribution in [3.63, 3.8) is 0 Å². The fourth-order valence-electron chi connectivity index (χ4n) is 3.36. The Bertz CT molecular complexity index is 1080. The average Bonchev–Trinajstić information content (AvgIpc) is 2.87. The largest absolute Gasteiger partial charge is 0.497 e. The van der Waals surface area contributed by atoms with Crippen LogP contribution in [0.5, 0.6) is 5.75 Å². The first-order valence-corrected chi connectivity index (χ1v) is 10.3. The molecule has 0 bridgehead atoms. The Labute approximate surface area is 182 Å². The number of benzodiazepines with no additional fused rings is 1.